The minimum absolute atomic E-state index is 0.434. The SMILES string of the molecule is COCc1cc(CSc2ncccc2N)no1. The summed E-state index contributed by atoms with van der Waals surface area (Å²) in [5, 5.41) is 4.74. The van der Waals surface area contributed by atoms with Crippen LogP contribution in [0, 0.1) is 0 Å². The smallest absolute Gasteiger partial charge is 0.162 e. The molecule has 5 nitrogen and oxygen atoms in total. The van der Waals surface area contributed by atoms with Crippen LogP contribution in [0.25, 0.3) is 0 Å². The summed E-state index contributed by atoms with van der Waals surface area (Å²) in [6, 6.07) is 5.51. The van der Waals surface area contributed by atoms with E-state index in [2.05, 4.69) is 10.1 Å². The maximum atomic E-state index is 5.79. The molecule has 2 aromatic rings. The number of anilines is 1. The maximum Gasteiger partial charge on any atom is 0.162 e. The lowest BCUT2D eigenvalue weighted by atomic mass is 10.4. The van der Waals surface area contributed by atoms with Gasteiger partial charge in [0.1, 0.15) is 11.6 Å². The van der Waals surface area contributed by atoms with Crippen molar-refractivity contribution in [3.05, 3.63) is 35.9 Å². The molecule has 2 rings (SSSR count). The highest BCUT2D eigenvalue weighted by atomic mass is 32.2. The zero-order valence-corrected chi connectivity index (χ0v) is 10.2. The van der Waals surface area contributed by atoms with Gasteiger partial charge in [-0.15, -0.1) is 0 Å². The van der Waals surface area contributed by atoms with Crippen molar-refractivity contribution in [1.82, 2.24) is 10.1 Å². The first-order valence-electron chi connectivity index (χ1n) is 5.06. The number of hydrogen-bond donors (Lipinski definition) is 1. The fourth-order valence-electron chi connectivity index (χ4n) is 1.30. The molecule has 0 aliphatic carbocycles. The number of thioether (sulfide) groups is 1. The summed E-state index contributed by atoms with van der Waals surface area (Å²) in [7, 11) is 1.62. The second kappa shape index (κ2) is 5.70. The molecule has 6 heteroatoms. The van der Waals surface area contributed by atoms with E-state index in [0.29, 0.717) is 18.0 Å². The first-order valence-corrected chi connectivity index (χ1v) is 6.05. The molecule has 0 radical (unpaired) electrons. The monoisotopic (exact) mass is 251 g/mol. The van der Waals surface area contributed by atoms with Gasteiger partial charge in [0, 0.05) is 25.1 Å². The minimum atomic E-state index is 0.434. The van der Waals surface area contributed by atoms with Crippen LogP contribution in [0.4, 0.5) is 5.69 Å². The van der Waals surface area contributed by atoms with E-state index in [-0.39, 0.29) is 0 Å². The molecule has 90 valence electrons. The molecule has 0 fully saturated rings. The topological polar surface area (TPSA) is 74.2 Å². The Bertz CT molecular complexity index is 487. The largest absolute Gasteiger partial charge is 0.397 e. The lowest BCUT2D eigenvalue weighted by molar-refractivity contribution is 0.156. The van der Waals surface area contributed by atoms with E-state index in [1.807, 2.05) is 18.2 Å². The van der Waals surface area contributed by atoms with Crippen LogP contribution in [0.1, 0.15) is 11.5 Å². The predicted molar refractivity (Wildman–Crippen MR) is 65.4 cm³/mol. The fourth-order valence-corrected chi connectivity index (χ4v) is 2.09. The summed E-state index contributed by atoms with van der Waals surface area (Å²) in [5.74, 6) is 1.39. The number of hydrogen-bond acceptors (Lipinski definition) is 6. The van der Waals surface area contributed by atoms with Gasteiger partial charge in [0.05, 0.1) is 11.4 Å². The fraction of sp³-hybridized carbons (Fsp3) is 0.273. The molecule has 0 saturated heterocycles. The number of methoxy groups -OCH3 is 1. The van der Waals surface area contributed by atoms with Crippen molar-refractivity contribution in [3.8, 4) is 0 Å². The lowest BCUT2D eigenvalue weighted by Crippen LogP contribution is -1.91. The third-order valence-electron chi connectivity index (χ3n) is 2.05. The Kier molecular flexibility index (Phi) is 4.00. The molecular weight excluding hydrogens is 238 g/mol. The average molecular weight is 251 g/mol. The maximum absolute atomic E-state index is 5.79. The van der Waals surface area contributed by atoms with Crippen LogP contribution >= 0.6 is 11.8 Å². The van der Waals surface area contributed by atoms with Crippen molar-refractivity contribution in [2.45, 2.75) is 17.4 Å². The Labute approximate surface area is 103 Å². The van der Waals surface area contributed by atoms with E-state index in [4.69, 9.17) is 15.0 Å². The predicted octanol–water partition coefficient (Wildman–Crippen LogP) is 2.09. The van der Waals surface area contributed by atoms with Crippen molar-refractivity contribution in [2.75, 3.05) is 12.8 Å². The van der Waals surface area contributed by atoms with Crippen LogP contribution < -0.4 is 5.73 Å². The number of nitrogens with zero attached hydrogens (tertiary/aromatic N) is 2. The number of pyridine rings is 1. The van der Waals surface area contributed by atoms with Gasteiger partial charge >= 0.3 is 0 Å². The molecule has 0 bridgehead atoms. The van der Waals surface area contributed by atoms with E-state index < -0.39 is 0 Å². The number of nitrogen functional groups attached to an aromatic ring is 1. The molecule has 0 atom stereocenters. The second-order valence-electron chi connectivity index (χ2n) is 3.40. The molecular formula is C11H13N3O2S. The Balaban J connectivity index is 1.95. The van der Waals surface area contributed by atoms with Crippen LogP contribution in [-0.4, -0.2) is 17.3 Å². The number of rotatable bonds is 5. The molecule has 0 unspecified atom stereocenters. The van der Waals surface area contributed by atoms with Gasteiger partial charge in [0.2, 0.25) is 0 Å². The van der Waals surface area contributed by atoms with Gasteiger partial charge in [0.25, 0.3) is 0 Å². The Morgan fingerprint density at radius 1 is 1.53 bits per heavy atom. The summed E-state index contributed by atoms with van der Waals surface area (Å²) >= 11 is 1.53. The van der Waals surface area contributed by atoms with Crippen LogP contribution in [0.3, 0.4) is 0 Å². The van der Waals surface area contributed by atoms with E-state index in [1.165, 1.54) is 11.8 Å². The summed E-state index contributed by atoms with van der Waals surface area (Å²) < 4.78 is 10.0. The lowest BCUT2D eigenvalue weighted by Gasteiger charge is -2.00. The zero-order chi connectivity index (χ0) is 12.1. The van der Waals surface area contributed by atoms with Crippen molar-refractivity contribution in [2.24, 2.45) is 0 Å². The molecule has 0 saturated carbocycles. The highest BCUT2D eigenvalue weighted by Crippen LogP contribution is 2.25. The van der Waals surface area contributed by atoms with Crippen molar-refractivity contribution < 1.29 is 9.26 Å². The molecule has 0 aromatic carbocycles. The highest BCUT2D eigenvalue weighted by molar-refractivity contribution is 7.98. The molecule has 2 heterocycles. The third kappa shape index (κ3) is 3.21. The Hall–Kier alpha value is -1.53. The van der Waals surface area contributed by atoms with Gasteiger partial charge in [-0.1, -0.05) is 16.9 Å². The Morgan fingerprint density at radius 3 is 3.18 bits per heavy atom. The van der Waals surface area contributed by atoms with Crippen LogP contribution in [0.5, 0.6) is 0 Å². The number of ether oxygens (including phenoxy) is 1. The van der Waals surface area contributed by atoms with Gasteiger partial charge in [-0.2, -0.15) is 0 Å². The average Bonchev–Trinajstić information content (AvgIpc) is 2.76. The van der Waals surface area contributed by atoms with Gasteiger partial charge in [-0.25, -0.2) is 4.98 Å². The van der Waals surface area contributed by atoms with Crippen molar-refractivity contribution in [3.63, 3.8) is 0 Å². The Morgan fingerprint density at radius 2 is 2.41 bits per heavy atom. The summed E-state index contributed by atoms with van der Waals surface area (Å²) in [5.41, 5.74) is 7.32. The van der Waals surface area contributed by atoms with Gasteiger partial charge < -0.3 is 15.0 Å². The summed E-state index contributed by atoms with van der Waals surface area (Å²) in [4.78, 5) is 4.19. The van der Waals surface area contributed by atoms with E-state index in [1.54, 1.807) is 13.3 Å². The molecule has 2 N–H and O–H groups in total. The highest BCUT2D eigenvalue weighted by Gasteiger charge is 2.06. The van der Waals surface area contributed by atoms with Crippen LogP contribution in [0.2, 0.25) is 0 Å². The van der Waals surface area contributed by atoms with Crippen molar-refractivity contribution >= 4 is 17.4 Å². The normalized spacial score (nSPS) is 10.6. The minimum Gasteiger partial charge on any atom is -0.397 e. The van der Waals surface area contributed by atoms with Crippen LogP contribution in [0.15, 0.2) is 33.9 Å². The van der Waals surface area contributed by atoms with Gasteiger partial charge in [-0.3, -0.25) is 0 Å². The second-order valence-corrected chi connectivity index (χ2v) is 4.37. The van der Waals surface area contributed by atoms with E-state index in [0.717, 1.165) is 16.5 Å². The first kappa shape index (κ1) is 11.9. The van der Waals surface area contributed by atoms with E-state index in [9.17, 15) is 0 Å². The van der Waals surface area contributed by atoms with Crippen LogP contribution in [-0.2, 0) is 17.1 Å². The molecule has 2 aromatic heterocycles. The zero-order valence-electron chi connectivity index (χ0n) is 9.42. The molecule has 0 aliphatic heterocycles. The third-order valence-corrected chi connectivity index (χ3v) is 3.11. The quantitative estimate of drug-likeness (QED) is 0.820. The summed E-state index contributed by atoms with van der Waals surface area (Å²) in [6.07, 6.45) is 1.72. The summed E-state index contributed by atoms with van der Waals surface area (Å²) in [6.45, 7) is 0.434. The standard InChI is InChI=1S/C11H13N3O2S/c1-15-6-9-5-8(14-16-9)7-17-11-10(12)3-2-4-13-11/h2-5H,6-7,12H2,1H3. The molecule has 0 spiro atoms. The van der Waals surface area contributed by atoms with Crippen molar-refractivity contribution in [1.29, 1.82) is 0 Å². The van der Waals surface area contributed by atoms with E-state index >= 15 is 0 Å². The molecule has 17 heavy (non-hydrogen) atoms. The van der Waals surface area contributed by atoms with Gasteiger partial charge in [-0.05, 0) is 12.1 Å². The first-order chi connectivity index (χ1) is 8.29. The molecule has 0 aliphatic rings. The number of aromatic nitrogens is 2. The van der Waals surface area contributed by atoms with Gasteiger partial charge in [0.15, 0.2) is 5.76 Å². The molecule has 0 amide bonds. The number of nitrogens with two attached hydrogens (primary N) is 1.